The number of hydrazine groups is 1. The number of carbonyl (C=O) groups is 3. The Morgan fingerprint density at radius 1 is 1.12 bits per heavy atom. The van der Waals surface area contributed by atoms with Crippen LogP contribution in [-0.2, 0) is 14.3 Å². The standard InChI is InChI=1S/C22H38N6O5/c1-7-22(32,8-2)17(23-20(31)33-21(3,4)5)19(30)25-9-11-27(12-10-25)28-15-26-14-24(6)13-16(26)18(28)29/h13,17,32H,7-12,14-15H2,1-6H3,(H,23,31). The number of aliphatic hydroxyl groups is 1. The Hall–Kier alpha value is -2.53. The van der Waals surface area contributed by atoms with Crippen molar-refractivity contribution in [3.8, 4) is 0 Å². The van der Waals surface area contributed by atoms with Gasteiger partial charge in [0.1, 0.15) is 24.0 Å². The minimum atomic E-state index is -1.39. The molecule has 1 atom stereocenters. The average molecular weight is 467 g/mol. The Bertz CT molecular complexity index is 798. The number of rotatable bonds is 6. The lowest BCUT2D eigenvalue weighted by Gasteiger charge is -2.42. The van der Waals surface area contributed by atoms with E-state index in [1.807, 2.05) is 28.1 Å². The summed E-state index contributed by atoms with van der Waals surface area (Å²) in [5, 5.41) is 17.4. The maximum atomic E-state index is 13.4. The average Bonchev–Trinajstić information content (AvgIpc) is 3.26. The van der Waals surface area contributed by atoms with Crippen LogP contribution in [0.5, 0.6) is 0 Å². The Balaban J connectivity index is 1.65. The number of piperazine rings is 1. The summed E-state index contributed by atoms with van der Waals surface area (Å²) in [6.45, 7) is 11.7. The number of ether oxygens (including phenoxy) is 1. The molecule has 3 aliphatic rings. The summed E-state index contributed by atoms with van der Waals surface area (Å²) in [6, 6.07) is -1.12. The molecule has 0 radical (unpaired) electrons. The number of hydrogen-bond donors (Lipinski definition) is 2. The van der Waals surface area contributed by atoms with Crippen LogP contribution in [0.15, 0.2) is 11.9 Å². The molecule has 1 unspecified atom stereocenters. The molecule has 0 spiro atoms. The first-order chi connectivity index (χ1) is 15.4. The molecule has 2 saturated heterocycles. The van der Waals surface area contributed by atoms with E-state index in [2.05, 4.69) is 5.32 Å². The van der Waals surface area contributed by atoms with Gasteiger partial charge in [-0.3, -0.25) is 9.59 Å². The minimum absolute atomic E-state index is 0.0325. The molecule has 3 amide bonds. The monoisotopic (exact) mass is 466 g/mol. The number of fused-ring (bicyclic) bond motifs is 1. The molecule has 11 heteroatoms. The lowest BCUT2D eigenvalue weighted by molar-refractivity contribution is -0.152. The largest absolute Gasteiger partial charge is 0.444 e. The number of nitrogens with one attached hydrogen (secondary N) is 1. The Morgan fingerprint density at radius 3 is 2.24 bits per heavy atom. The van der Waals surface area contributed by atoms with Crippen molar-refractivity contribution < 1.29 is 24.2 Å². The summed E-state index contributed by atoms with van der Waals surface area (Å²) in [5.74, 6) is -0.376. The topological polar surface area (TPSA) is 109 Å². The van der Waals surface area contributed by atoms with Crippen LogP contribution in [0.25, 0.3) is 0 Å². The molecule has 0 bridgehead atoms. The second kappa shape index (κ2) is 9.38. The van der Waals surface area contributed by atoms with Gasteiger partial charge in [0, 0.05) is 39.4 Å². The third-order valence-electron chi connectivity index (χ3n) is 6.41. The smallest absolute Gasteiger partial charge is 0.408 e. The molecule has 11 nitrogen and oxygen atoms in total. The van der Waals surface area contributed by atoms with Gasteiger partial charge in [0.2, 0.25) is 5.91 Å². The molecule has 186 valence electrons. The first-order valence-corrected chi connectivity index (χ1v) is 11.6. The highest BCUT2D eigenvalue weighted by Crippen LogP contribution is 2.27. The van der Waals surface area contributed by atoms with Gasteiger partial charge in [-0.05, 0) is 33.6 Å². The molecule has 33 heavy (non-hydrogen) atoms. The molecular formula is C22H38N6O5. The van der Waals surface area contributed by atoms with Crippen LogP contribution in [0.2, 0.25) is 0 Å². The fourth-order valence-corrected chi connectivity index (χ4v) is 4.41. The van der Waals surface area contributed by atoms with Gasteiger partial charge in [-0.25, -0.2) is 14.8 Å². The molecular weight excluding hydrogens is 428 g/mol. The molecule has 2 N–H and O–H groups in total. The number of amides is 3. The van der Waals surface area contributed by atoms with Crippen molar-refractivity contribution in [1.82, 2.24) is 30.0 Å². The van der Waals surface area contributed by atoms with Gasteiger partial charge in [-0.1, -0.05) is 13.8 Å². The van der Waals surface area contributed by atoms with E-state index in [0.29, 0.717) is 58.1 Å². The van der Waals surface area contributed by atoms with Gasteiger partial charge < -0.3 is 29.9 Å². The Labute approximate surface area is 195 Å². The molecule has 0 aliphatic carbocycles. The summed E-state index contributed by atoms with van der Waals surface area (Å²) < 4.78 is 5.33. The number of alkyl carbamates (subject to hydrolysis) is 1. The molecule has 0 saturated carbocycles. The maximum absolute atomic E-state index is 13.4. The molecule has 3 rings (SSSR count). The third-order valence-corrected chi connectivity index (χ3v) is 6.41. The van der Waals surface area contributed by atoms with Crippen LogP contribution in [0.1, 0.15) is 47.5 Å². The van der Waals surface area contributed by atoms with Crippen LogP contribution >= 0.6 is 0 Å². The highest BCUT2D eigenvalue weighted by atomic mass is 16.6. The lowest BCUT2D eigenvalue weighted by atomic mass is 9.87. The zero-order chi connectivity index (χ0) is 24.6. The predicted molar refractivity (Wildman–Crippen MR) is 121 cm³/mol. The van der Waals surface area contributed by atoms with Gasteiger partial charge in [0.25, 0.3) is 5.91 Å². The fraction of sp³-hybridized carbons (Fsp3) is 0.773. The third kappa shape index (κ3) is 5.35. The fourth-order valence-electron chi connectivity index (χ4n) is 4.41. The molecule has 0 aromatic carbocycles. The number of nitrogens with zero attached hydrogens (tertiary/aromatic N) is 5. The van der Waals surface area contributed by atoms with Gasteiger partial charge >= 0.3 is 6.09 Å². The SMILES string of the molecule is CCC(O)(CC)C(NC(=O)OC(C)(C)C)C(=O)N1CCN(N2CN3CN(C)C=C3C2=O)CC1. The summed E-state index contributed by atoms with van der Waals surface area (Å²) in [7, 11) is 1.93. The quantitative estimate of drug-likeness (QED) is 0.577. The number of hydrogen-bond acceptors (Lipinski definition) is 8. The summed E-state index contributed by atoms with van der Waals surface area (Å²) in [5.41, 5.74) is -1.42. The van der Waals surface area contributed by atoms with E-state index in [9.17, 15) is 19.5 Å². The Morgan fingerprint density at radius 2 is 1.73 bits per heavy atom. The highest BCUT2D eigenvalue weighted by Gasteiger charge is 2.45. The van der Waals surface area contributed by atoms with Crippen LogP contribution < -0.4 is 5.32 Å². The van der Waals surface area contributed by atoms with E-state index in [-0.39, 0.29) is 11.8 Å². The first-order valence-electron chi connectivity index (χ1n) is 11.6. The van der Waals surface area contributed by atoms with Crippen LogP contribution in [0.3, 0.4) is 0 Å². The maximum Gasteiger partial charge on any atom is 0.408 e. The van der Waals surface area contributed by atoms with Gasteiger partial charge in [0.05, 0.1) is 12.3 Å². The predicted octanol–water partition coefficient (Wildman–Crippen LogP) is 0.336. The zero-order valence-corrected chi connectivity index (χ0v) is 20.6. The van der Waals surface area contributed by atoms with E-state index in [1.54, 1.807) is 44.5 Å². The van der Waals surface area contributed by atoms with Crippen LogP contribution in [-0.4, -0.2) is 112 Å². The van der Waals surface area contributed by atoms with Crippen molar-refractivity contribution in [3.63, 3.8) is 0 Å². The summed E-state index contributed by atoms with van der Waals surface area (Å²) in [6.07, 6.45) is 1.72. The van der Waals surface area contributed by atoms with E-state index in [4.69, 9.17) is 4.74 Å². The number of carbonyl (C=O) groups excluding carboxylic acids is 3. The van der Waals surface area contributed by atoms with E-state index in [1.165, 1.54) is 0 Å². The van der Waals surface area contributed by atoms with Crippen molar-refractivity contribution in [3.05, 3.63) is 11.9 Å². The second-order valence-electron chi connectivity index (χ2n) is 9.97. The summed E-state index contributed by atoms with van der Waals surface area (Å²) >= 11 is 0. The summed E-state index contributed by atoms with van der Waals surface area (Å²) in [4.78, 5) is 44.3. The zero-order valence-electron chi connectivity index (χ0n) is 20.6. The van der Waals surface area contributed by atoms with Gasteiger partial charge in [-0.15, -0.1) is 0 Å². The lowest BCUT2D eigenvalue weighted by Crippen LogP contribution is -2.64. The van der Waals surface area contributed by atoms with E-state index >= 15 is 0 Å². The van der Waals surface area contributed by atoms with Gasteiger partial charge in [-0.2, -0.15) is 0 Å². The Kier molecular flexibility index (Phi) is 7.13. The second-order valence-corrected chi connectivity index (χ2v) is 9.97. The van der Waals surface area contributed by atoms with E-state index < -0.39 is 23.3 Å². The minimum Gasteiger partial charge on any atom is -0.444 e. The highest BCUT2D eigenvalue weighted by molar-refractivity contribution is 5.94. The van der Waals surface area contributed by atoms with Crippen molar-refractivity contribution in [2.24, 2.45) is 0 Å². The van der Waals surface area contributed by atoms with E-state index in [0.717, 1.165) is 0 Å². The molecule has 3 aliphatic heterocycles. The molecule has 3 heterocycles. The first kappa shape index (κ1) is 25.1. The van der Waals surface area contributed by atoms with Crippen molar-refractivity contribution in [2.45, 2.75) is 64.7 Å². The molecule has 0 aromatic heterocycles. The van der Waals surface area contributed by atoms with Crippen molar-refractivity contribution >= 4 is 17.9 Å². The van der Waals surface area contributed by atoms with Gasteiger partial charge in [0.15, 0.2) is 0 Å². The van der Waals surface area contributed by atoms with Crippen LogP contribution in [0.4, 0.5) is 4.79 Å². The van der Waals surface area contributed by atoms with Crippen molar-refractivity contribution in [2.75, 3.05) is 46.6 Å². The molecule has 2 fully saturated rings. The van der Waals surface area contributed by atoms with Crippen LogP contribution in [0, 0.1) is 0 Å². The normalized spacial score (nSPS) is 20.7. The van der Waals surface area contributed by atoms with Crippen molar-refractivity contribution in [1.29, 1.82) is 0 Å². The molecule has 0 aromatic rings.